The smallest absolute Gasteiger partial charge is 0.326 e. The first-order valence-electron chi connectivity index (χ1n) is 7.41. The van der Waals surface area contributed by atoms with Gasteiger partial charge in [0.2, 0.25) is 5.91 Å². The molecule has 0 aromatic heterocycles. The fourth-order valence-corrected chi connectivity index (χ4v) is 3.16. The van der Waals surface area contributed by atoms with Crippen molar-refractivity contribution in [1.29, 1.82) is 0 Å². The molecule has 0 spiro atoms. The van der Waals surface area contributed by atoms with Crippen LogP contribution in [0, 0.1) is 5.92 Å². The first-order chi connectivity index (χ1) is 9.91. The molecular weight excluding hydrogens is 274 g/mol. The van der Waals surface area contributed by atoms with Gasteiger partial charge in [-0.15, -0.1) is 0 Å². The van der Waals surface area contributed by atoms with Crippen LogP contribution in [0.3, 0.4) is 0 Å². The summed E-state index contributed by atoms with van der Waals surface area (Å²) in [6.07, 6.45) is 2.75. The Kier molecular flexibility index (Phi) is 4.69. The van der Waals surface area contributed by atoms with E-state index in [1.54, 1.807) is 19.0 Å². The van der Waals surface area contributed by atoms with Crippen LogP contribution in [-0.2, 0) is 9.59 Å². The summed E-state index contributed by atoms with van der Waals surface area (Å²) in [7, 11) is 3.38. The van der Waals surface area contributed by atoms with E-state index in [9.17, 15) is 19.5 Å². The van der Waals surface area contributed by atoms with Crippen molar-refractivity contribution >= 4 is 17.9 Å². The number of carbonyl (C=O) groups excluding carboxylic acids is 2. The number of aliphatic carboxylic acids is 1. The third-order valence-electron chi connectivity index (χ3n) is 4.24. The molecule has 2 fully saturated rings. The fourth-order valence-electron chi connectivity index (χ4n) is 3.16. The molecule has 0 aromatic carbocycles. The zero-order valence-electron chi connectivity index (χ0n) is 12.6. The molecule has 2 atom stereocenters. The molecule has 0 aliphatic carbocycles. The minimum Gasteiger partial charge on any atom is -0.480 e. The van der Waals surface area contributed by atoms with Gasteiger partial charge < -0.3 is 19.8 Å². The predicted molar refractivity (Wildman–Crippen MR) is 75.8 cm³/mol. The monoisotopic (exact) mass is 297 g/mol. The van der Waals surface area contributed by atoms with E-state index in [0.717, 1.165) is 19.3 Å². The summed E-state index contributed by atoms with van der Waals surface area (Å²) in [5.41, 5.74) is 0. The van der Waals surface area contributed by atoms with Crippen LogP contribution < -0.4 is 0 Å². The van der Waals surface area contributed by atoms with Gasteiger partial charge in [-0.05, 0) is 25.7 Å². The summed E-state index contributed by atoms with van der Waals surface area (Å²) in [5, 5.41) is 9.18. The number of amides is 3. The third kappa shape index (κ3) is 3.28. The molecule has 2 heterocycles. The molecule has 2 rings (SSSR count). The molecule has 0 radical (unpaired) electrons. The molecule has 1 unspecified atom stereocenters. The highest BCUT2D eigenvalue weighted by molar-refractivity contribution is 5.86. The van der Waals surface area contributed by atoms with Gasteiger partial charge in [-0.1, -0.05) is 0 Å². The molecule has 7 nitrogen and oxygen atoms in total. The lowest BCUT2D eigenvalue weighted by molar-refractivity contribution is -0.150. The molecule has 0 saturated carbocycles. The second-order valence-corrected chi connectivity index (χ2v) is 5.99. The van der Waals surface area contributed by atoms with Crippen molar-refractivity contribution in [3.05, 3.63) is 0 Å². The Morgan fingerprint density at radius 3 is 2.38 bits per heavy atom. The number of urea groups is 1. The van der Waals surface area contributed by atoms with Crippen molar-refractivity contribution in [3.8, 4) is 0 Å². The Balaban J connectivity index is 2.02. The van der Waals surface area contributed by atoms with E-state index < -0.39 is 12.0 Å². The zero-order chi connectivity index (χ0) is 15.6. The number of rotatable bonds is 2. The van der Waals surface area contributed by atoms with Gasteiger partial charge in [0, 0.05) is 33.7 Å². The summed E-state index contributed by atoms with van der Waals surface area (Å²) in [4.78, 5) is 40.4. The first-order valence-corrected chi connectivity index (χ1v) is 7.41. The van der Waals surface area contributed by atoms with Crippen molar-refractivity contribution in [1.82, 2.24) is 14.7 Å². The maximum absolute atomic E-state index is 12.6. The van der Waals surface area contributed by atoms with Crippen LogP contribution in [0.5, 0.6) is 0 Å². The number of carbonyl (C=O) groups is 3. The number of likely N-dealkylation sites (tertiary alicyclic amines) is 2. The number of hydrogen-bond donors (Lipinski definition) is 1. The predicted octanol–water partition coefficient (Wildman–Crippen LogP) is 0.456. The van der Waals surface area contributed by atoms with Gasteiger partial charge in [-0.2, -0.15) is 0 Å². The van der Waals surface area contributed by atoms with Crippen molar-refractivity contribution < 1.29 is 19.5 Å². The topological polar surface area (TPSA) is 81.2 Å². The summed E-state index contributed by atoms with van der Waals surface area (Å²) in [6.45, 7) is 1.55. The van der Waals surface area contributed by atoms with E-state index in [1.807, 2.05) is 0 Å². The van der Waals surface area contributed by atoms with Crippen LogP contribution in [-0.4, -0.2) is 77.5 Å². The number of hydrogen-bond acceptors (Lipinski definition) is 3. The number of carboxylic acids is 1. The number of nitrogens with zero attached hydrogens (tertiary/aromatic N) is 3. The Hall–Kier alpha value is -1.79. The summed E-state index contributed by atoms with van der Waals surface area (Å²) in [6, 6.07) is -0.791. The highest BCUT2D eigenvalue weighted by atomic mass is 16.4. The standard InChI is InChI=1S/C14H23N3O4/c1-15(2)14(21)16-7-3-5-10(9-16)12(18)17-8-4-6-11(17)13(19)20/h10-11H,3-9H2,1-2H3,(H,19,20)/t10?,11-/m1/s1. The minimum atomic E-state index is -0.933. The van der Waals surface area contributed by atoms with E-state index in [1.165, 1.54) is 9.80 Å². The molecule has 1 N–H and O–H groups in total. The molecule has 21 heavy (non-hydrogen) atoms. The van der Waals surface area contributed by atoms with E-state index in [4.69, 9.17) is 0 Å². The zero-order valence-corrected chi connectivity index (χ0v) is 12.6. The van der Waals surface area contributed by atoms with E-state index in [-0.39, 0.29) is 17.9 Å². The molecule has 2 aliphatic heterocycles. The van der Waals surface area contributed by atoms with Gasteiger partial charge >= 0.3 is 12.0 Å². The normalized spacial score (nSPS) is 25.8. The van der Waals surface area contributed by atoms with Crippen molar-refractivity contribution in [2.24, 2.45) is 5.92 Å². The van der Waals surface area contributed by atoms with E-state index in [2.05, 4.69) is 0 Å². The third-order valence-corrected chi connectivity index (χ3v) is 4.24. The van der Waals surface area contributed by atoms with Crippen molar-refractivity contribution in [2.75, 3.05) is 33.7 Å². The number of carboxylic acid groups (broad SMARTS) is 1. The average molecular weight is 297 g/mol. The minimum absolute atomic E-state index is 0.0938. The quantitative estimate of drug-likeness (QED) is 0.802. The Morgan fingerprint density at radius 2 is 1.76 bits per heavy atom. The van der Waals surface area contributed by atoms with Crippen LogP contribution >= 0.6 is 0 Å². The lowest BCUT2D eigenvalue weighted by atomic mass is 9.96. The second-order valence-electron chi connectivity index (χ2n) is 5.99. The highest BCUT2D eigenvalue weighted by Crippen LogP contribution is 2.25. The molecular formula is C14H23N3O4. The van der Waals surface area contributed by atoms with Crippen molar-refractivity contribution in [2.45, 2.75) is 31.7 Å². The average Bonchev–Trinajstić information content (AvgIpc) is 2.95. The SMILES string of the molecule is CN(C)C(=O)N1CCCC(C(=O)N2CCC[C@@H]2C(=O)O)C1. The fraction of sp³-hybridized carbons (Fsp3) is 0.786. The van der Waals surface area contributed by atoms with Gasteiger partial charge in [0.05, 0.1) is 5.92 Å². The van der Waals surface area contributed by atoms with Crippen molar-refractivity contribution in [3.63, 3.8) is 0 Å². The Labute approximate surface area is 124 Å². The molecule has 7 heteroatoms. The molecule has 118 valence electrons. The molecule has 0 bridgehead atoms. The van der Waals surface area contributed by atoms with Crippen LogP contribution in [0.1, 0.15) is 25.7 Å². The van der Waals surface area contributed by atoms with Crippen LogP contribution in [0.2, 0.25) is 0 Å². The van der Waals surface area contributed by atoms with Gasteiger partial charge in [0.1, 0.15) is 6.04 Å². The van der Waals surface area contributed by atoms with E-state index >= 15 is 0 Å². The Morgan fingerprint density at radius 1 is 1.10 bits per heavy atom. The molecule has 3 amide bonds. The van der Waals surface area contributed by atoms with Gasteiger partial charge in [0.15, 0.2) is 0 Å². The highest BCUT2D eigenvalue weighted by Gasteiger charge is 2.39. The molecule has 2 saturated heterocycles. The summed E-state index contributed by atoms with van der Waals surface area (Å²) in [5.74, 6) is -1.32. The van der Waals surface area contributed by atoms with Crippen LogP contribution in [0.15, 0.2) is 0 Å². The molecule has 0 aromatic rings. The van der Waals surface area contributed by atoms with Gasteiger partial charge in [-0.3, -0.25) is 4.79 Å². The summed E-state index contributed by atoms with van der Waals surface area (Å²) >= 11 is 0. The molecule has 2 aliphatic rings. The van der Waals surface area contributed by atoms with Gasteiger partial charge in [-0.25, -0.2) is 9.59 Å². The first kappa shape index (κ1) is 15.6. The Bertz CT molecular complexity index is 438. The lowest BCUT2D eigenvalue weighted by Crippen LogP contribution is -2.51. The second kappa shape index (κ2) is 6.32. The maximum Gasteiger partial charge on any atom is 0.326 e. The van der Waals surface area contributed by atoms with Crippen LogP contribution in [0.4, 0.5) is 4.79 Å². The largest absolute Gasteiger partial charge is 0.480 e. The van der Waals surface area contributed by atoms with E-state index in [0.29, 0.717) is 26.1 Å². The maximum atomic E-state index is 12.6. The lowest BCUT2D eigenvalue weighted by Gasteiger charge is -2.36. The summed E-state index contributed by atoms with van der Waals surface area (Å²) < 4.78 is 0. The van der Waals surface area contributed by atoms with Crippen LogP contribution in [0.25, 0.3) is 0 Å². The van der Waals surface area contributed by atoms with Gasteiger partial charge in [0.25, 0.3) is 0 Å². The number of piperidine rings is 1.